The van der Waals surface area contributed by atoms with Crippen molar-refractivity contribution in [3.05, 3.63) is 41.2 Å². The molecule has 2 fully saturated rings. The van der Waals surface area contributed by atoms with Crippen molar-refractivity contribution in [2.45, 2.75) is 51.7 Å². The van der Waals surface area contributed by atoms with Crippen molar-refractivity contribution in [2.75, 3.05) is 20.2 Å². The summed E-state index contributed by atoms with van der Waals surface area (Å²) in [6.07, 6.45) is 4.34. The van der Waals surface area contributed by atoms with Crippen LogP contribution in [-0.4, -0.2) is 36.2 Å². The maximum Gasteiger partial charge on any atom is 0.141 e. The van der Waals surface area contributed by atoms with Gasteiger partial charge in [0.15, 0.2) is 0 Å². The summed E-state index contributed by atoms with van der Waals surface area (Å²) in [5.74, 6) is 2.54. The Morgan fingerprint density at radius 3 is 2.85 bits per heavy atom. The van der Waals surface area contributed by atoms with Crippen LogP contribution >= 0.6 is 0 Å². The number of piperidine rings is 1. The minimum Gasteiger partial charge on any atom is -0.496 e. The van der Waals surface area contributed by atoms with E-state index in [9.17, 15) is 5.11 Å². The van der Waals surface area contributed by atoms with E-state index in [-0.39, 0.29) is 5.92 Å². The number of aliphatic hydroxyl groups excluding tert-OH is 1. The molecule has 1 unspecified atom stereocenters. The Morgan fingerprint density at radius 2 is 2.04 bits per heavy atom. The lowest BCUT2D eigenvalue weighted by atomic mass is 9.88. The SMILES string of the molecule is COc1cc(C)ccc1-c1oc(C(O)[C@@H]2CC[C@H]3CCCN3C2)cc1C. The van der Waals surface area contributed by atoms with E-state index in [2.05, 4.69) is 11.0 Å². The van der Waals surface area contributed by atoms with E-state index < -0.39 is 6.10 Å². The van der Waals surface area contributed by atoms with Gasteiger partial charge in [0.1, 0.15) is 23.4 Å². The van der Waals surface area contributed by atoms with Gasteiger partial charge in [-0.15, -0.1) is 0 Å². The van der Waals surface area contributed by atoms with E-state index >= 15 is 0 Å². The maximum atomic E-state index is 11.0. The summed E-state index contributed by atoms with van der Waals surface area (Å²) in [7, 11) is 1.68. The van der Waals surface area contributed by atoms with Crippen LogP contribution in [0.25, 0.3) is 11.3 Å². The molecule has 26 heavy (non-hydrogen) atoms. The number of aryl methyl sites for hydroxylation is 2. The number of ether oxygens (including phenoxy) is 1. The minimum atomic E-state index is -0.541. The number of benzene rings is 1. The van der Waals surface area contributed by atoms with E-state index in [1.54, 1.807) is 7.11 Å². The number of hydrogen-bond donors (Lipinski definition) is 1. The monoisotopic (exact) mass is 355 g/mol. The van der Waals surface area contributed by atoms with Crippen molar-refractivity contribution >= 4 is 0 Å². The first-order valence-electron chi connectivity index (χ1n) is 9.74. The third-order valence-electron chi connectivity index (χ3n) is 6.12. The van der Waals surface area contributed by atoms with Crippen molar-refractivity contribution in [2.24, 2.45) is 5.92 Å². The van der Waals surface area contributed by atoms with Gasteiger partial charge < -0.3 is 14.3 Å². The van der Waals surface area contributed by atoms with Crippen molar-refractivity contribution in [3.63, 3.8) is 0 Å². The Bertz CT molecular complexity index is 782. The van der Waals surface area contributed by atoms with Crippen LogP contribution in [0.2, 0.25) is 0 Å². The molecule has 140 valence electrons. The topological polar surface area (TPSA) is 45.8 Å². The third-order valence-corrected chi connectivity index (χ3v) is 6.12. The number of nitrogens with zero attached hydrogens (tertiary/aromatic N) is 1. The first-order valence-corrected chi connectivity index (χ1v) is 9.74. The summed E-state index contributed by atoms with van der Waals surface area (Å²) in [6, 6.07) is 8.84. The number of fused-ring (bicyclic) bond motifs is 1. The van der Waals surface area contributed by atoms with E-state index in [0.29, 0.717) is 5.76 Å². The smallest absolute Gasteiger partial charge is 0.141 e. The van der Waals surface area contributed by atoms with Gasteiger partial charge in [-0.2, -0.15) is 0 Å². The molecule has 4 heteroatoms. The highest BCUT2D eigenvalue weighted by atomic mass is 16.5. The third kappa shape index (κ3) is 3.17. The fraction of sp³-hybridized carbons (Fsp3) is 0.545. The van der Waals surface area contributed by atoms with Gasteiger partial charge in [-0.05, 0) is 75.4 Å². The second-order valence-corrected chi connectivity index (χ2v) is 7.94. The van der Waals surface area contributed by atoms with Gasteiger partial charge in [0.05, 0.1) is 12.7 Å². The quantitative estimate of drug-likeness (QED) is 0.878. The number of methoxy groups -OCH3 is 1. The molecule has 0 bridgehead atoms. The molecule has 4 nitrogen and oxygen atoms in total. The summed E-state index contributed by atoms with van der Waals surface area (Å²) >= 11 is 0. The zero-order valence-electron chi connectivity index (χ0n) is 16.0. The Hall–Kier alpha value is -1.78. The zero-order chi connectivity index (χ0) is 18.3. The molecule has 1 aromatic heterocycles. The minimum absolute atomic E-state index is 0.252. The first kappa shape index (κ1) is 17.6. The molecule has 0 saturated carbocycles. The highest BCUT2D eigenvalue weighted by Gasteiger charge is 2.36. The normalized spacial score (nSPS) is 24.5. The lowest BCUT2D eigenvalue weighted by Crippen LogP contribution is -2.40. The van der Waals surface area contributed by atoms with Crippen LogP contribution < -0.4 is 4.74 Å². The molecule has 0 amide bonds. The molecular formula is C22H29NO3. The fourth-order valence-electron chi connectivity index (χ4n) is 4.66. The van der Waals surface area contributed by atoms with Crippen LogP contribution in [0, 0.1) is 19.8 Å². The second-order valence-electron chi connectivity index (χ2n) is 7.94. The maximum absolute atomic E-state index is 11.0. The second kappa shape index (κ2) is 7.09. The van der Waals surface area contributed by atoms with Crippen LogP contribution in [0.4, 0.5) is 0 Å². The van der Waals surface area contributed by atoms with Crippen molar-refractivity contribution in [1.82, 2.24) is 4.90 Å². The molecule has 3 heterocycles. The van der Waals surface area contributed by atoms with Crippen molar-refractivity contribution in [3.8, 4) is 17.1 Å². The van der Waals surface area contributed by atoms with Crippen LogP contribution in [0.5, 0.6) is 5.75 Å². The number of rotatable bonds is 4. The highest BCUT2D eigenvalue weighted by molar-refractivity contribution is 5.69. The molecule has 3 atom stereocenters. The molecular weight excluding hydrogens is 326 g/mol. The van der Waals surface area contributed by atoms with Gasteiger partial charge in [-0.25, -0.2) is 0 Å². The molecule has 2 aliphatic heterocycles. The van der Waals surface area contributed by atoms with Crippen molar-refractivity contribution < 1.29 is 14.3 Å². The number of aliphatic hydroxyl groups is 1. The van der Waals surface area contributed by atoms with Crippen molar-refractivity contribution in [1.29, 1.82) is 0 Å². The van der Waals surface area contributed by atoms with Gasteiger partial charge in [-0.3, -0.25) is 4.90 Å². The van der Waals surface area contributed by atoms with Crippen LogP contribution in [0.15, 0.2) is 28.7 Å². The molecule has 2 aliphatic rings. The Morgan fingerprint density at radius 1 is 1.19 bits per heavy atom. The van der Waals surface area contributed by atoms with Gasteiger partial charge in [-0.1, -0.05) is 6.07 Å². The average Bonchev–Trinajstić information content (AvgIpc) is 3.26. The summed E-state index contributed by atoms with van der Waals surface area (Å²) in [6.45, 7) is 6.24. The number of hydrogen-bond acceptors (Lipinski definition) is 4. The Labute approximate surface area is 155 Å². The first-order chi connectivity index (χ1) is 12.6. The van der Waals surface area contributed by atoms with E-state index in [0.717, 1.165) is 47.2 Å². The molecule has 2 aromatic rings. The lowest BCUT2D eigenvalue weighted by molar-refractivity contribution is 0.0276. The standard InChI is InChI=1S/C22H29NO3/c1-14-6-9-18(19(11-14)25-3)22-15(2)12-20(26-22)21(24)16-7-8-17-5-4-10-23(17)13-16/h6,9,11-12,16-17,21,24H,4-5,7-8,10,13H2,1-3H3/t16-,17-,21?/m1/s1. The summed E-state index contributed by atoms with van der Waals surface area (Å²) < 4.78 is 11.7. The van der Waals surface area contributed by atoms with E-state index in [1.807, 2.05) is 32.0 Å². The van der Waals surface area contributed by atoms with Crippen LogP contribution in [0.1, 0.15) is 48.7 Å². The van der Waals surface area contributed by atoms with Gasteiger partial charge >= 0.3 is 0 Å². The van der Waals surface area contributed by atoms with Gasteiger partial charge in [0.2, 0.25) is 0 Å². The zero-order valence-corrected chi connectivity index (χ0v) is 16.0. The average molecular weight is 355 g/mol. The van der Waals surface area contributed by atoms with Crippen LogP contribution in [0.3, 0.4) is 0 Å². The predicted octanol–water partition coefficient (Wildman–Crippen LogP) is 4.48. The van der Waals surface area contributed by atoms with Gasteiger partial charge in [0.25, 0.3) is 0 Å². The number of furan rings is 1. The molecule has 0 aliphatic carbocycles. The molecule has 1 aromatic carbocycles. The molecule has 2 saturated heterocycles. The molecule has 4 rings (SSSR count). The summed E-state index contributed by atoms with van der Waals surface area (Å²) in [5.41, 5.74) is 3.13. The van der Waals surface area contributed by atoms with Gasteiger partial charge in [0, 0.05) is 18.5 Å². The predicted molar refractivity (Wildman–Crippen MR) is 102 cm³/mol. The summed E-state index contributed by atoms with van der Waals surface area (Å²) in [5, 5.41) is 11.0. The molecule has 1 N–H and O–H groups in total. The molecule has 0 radical (unpaired) electrons. The van der Waals surface area contributed by atoms with E-state index in [1.165, 1.54) is 25.8 Å². The highest BCUT2D eigenvalue weighted by Crippen LogP contribution is 2.40. The van der Waals surface area contributed by atoms with Crippen LogP contribution in [-0.2, 0) is 0 Å². The van der Waals surface area contributed by atoms with E-state index in [4.69, 9.17) is 9.15 Å². The lowest BCUT2D eigenvalue weighted by Gasteiger charge is -2.36. The largest absolute Gasteiger partial charge is 0.496 e. The Balaban J connectivity index is 1.58. The molecule has 0 spiro atoms. The summed E-state index contributed by atoms with van der Waals surface area (Å²) in [4.78, 5) is 2.55. The fourth-order valence-corrected chi connectivity index (χ4v) is 4.66. The Kier molecular flexibility index (Phi) is 4.80.